The number of nitrogens with two attached hydrogens (primary N) is 1. The molecule has 1 fully saturated rings. The Morgan fingerprint density at radius 2 is 2.50 bits per heavy atom. The lowest BCUT2D eigenvalue weighted by Crippen LogP contribution is -2.27. The fourth-order valence-electron chi connectivity index (χ4n) is 1.90. The van der Waals surface area contributed by atoms with Gasteiger partial charge in [-0.15, -0.1) is 0 Å². The van der Waals surface area contributed by atoms with E-state index in [9.17, 15) is 9.90 Å². The zero-order chi connectivity index (χ0) is 11.7. The van der Waals surface area contributed by atoms with E-state index in [1.54, 1.807) is 6.20 Å². The fourth-order valence-corrected chi connectivity index (χ4v) is 1.90. The topological polar surface area (TPSA) is 90.4 Å². The average Bonchev–Trinajstić information content (AvgIpc) is 2.59. The second-order valence-corrected chi connectivity index (χ2v) is 3.88. The second-order valence-electron chi connectivity index (χ2n) is 3.88. The van der Waals surface area contributed by atoms with E-state index >= 15 is 0 Å². The monoisotopic (exact) mass is 225 g/mol. The van der Waals surface area contributed by atoms with E-state index in [4.69, 9.17) is 10.5 Å². The van der Waals surface area contributed by atoms with Gasteiger partial charge in [0.25, 0.3) is 0 Å². The van der Waals surface area contributed by atoms with Gasteiger partial charge >= 0.3 is 5.69 Å². The van der Waals surface area contributed by atoms with Crippen LogP contribution in [0.5, 0.6) is 0 Å². The molecule has 0 aromatic carbocycles. The van der Waals surface area contributed by atoms with Crippen LogP contribution in [0.1, 0.15) is 26.0 Å². The van der Waals surface area contributed by atoms with Crippen molar-refractivity contribution in [2.75, 3.05) is 5.73 Å². The van der Waals surface area contributed by atoms with Gasteiger partial charge < -0.3 is 15.6 Å². The Kier molecular flexibility index (Phi) is 2.93. The van der Waals surface area contributed by atoms with E-state index in [-0.39, 0.29) is 11.9 Å². The number of nitrogen functional groups attached to an aromatic ring is 1. The Balaban J connectivity index is 2.23. The largest absolute Gasteiger partial charge is 0.390 e. The van der Waals surface area contributed by atoms with E-state index in [2.05, 4.69) is 4.98 Å². The van der Waals surface area contributed by atoms with Gasteiger partial charge in [0.2, 0.25) is 0 Å². The predicted molar refractivity (Wildman–Crippen MR) is 57.7 cm³/mol. The lowest BCUT2D eigenvalue weighted by atomic mass is 10.1. The van der Waals surface area contributed by atoms with Gasteiger partial charge in [-0.1, -0.05) is 6.92 Å². The summed E-state index contributed by atoms with van der Waals surface area (Å²) in [4.78, 5) is 15.2. The second kappa shape index (κ2) is 4.23. The van der Waals surface area contributed by atoms with Crippen LogP contribution in [0.3, 0.4) is 0 Å². The molecule has 0 aliphatic carbocycles. The van der Waals surface area contributed by atoms with Crippen LogP contribution in [0.25, 0.3) is 0 Å². The SMILES string of the molecule is CC[C@@H]1OC(n2ccc(N)nc2=O)C[C@@H]1O. The molecule has 1 aromatic heterocycles. The Morgan fingerprint density at radius 3 is 3.06 bits per heavy atom. The van der Waals surface area contributed by atoms with Gasteiger partial charge in [0.05, 0.1) is 12.2 Å². The summed E-state index contributed by atoms with van der Waals surface area (Å²) >= 11 is 0. The van der Waals surface area contributed by atoms with Crippen molar-refractivity contribution in [3.63, 3.8) is 0 Å². The van der Waals surface area contributed by atoms with Crippen LogP contribution in [0.2, 0.25) is 0 Å². The van der Waals surface area contributed by atoms with Crippen LogP contribution in [0, 0.1) is 0 Å². The first-order chi connectivity index (χ1) is 7.61. The minimum atomic E-state index is -0.528. The molecule has 2 rings (SSSR count). The Hall–Kier alpha value is -1.40. The molecular weight excluding hydrogens is 210 g/mol. The third kappa shape index (κ3) is 1.94. The third-order valence-corrected chi connectivity index (χ3v) is 2.77. The van der Waals surface area contributed by atoms with Crippen LogP contribution in [0.4, 0.5) is 5.82 Å². The van der Waals surface area contributed by atoms with E-state index < -0.39 is 18.0 Å². The molecule has 0 radical (unpaired) electrons. The van der Waals surface area contributed by atoms with E-state index in [0.717, 1.165) is 6.42 Å². The van der Waals surface area contributed by atoms with Crippen molar-refractivity contribution in [2.24, 2.45) is 0 Å². The van der Waals surface area contributed by atoms with Gasteiger partial charge in [0, 0.05) is 12.6 Å². The predicted octanol–water partition coefficient (Wildman–Crippen LogP) is -0.116. The van der Waals surface area contributed by atoms with Crippen molar-refractivity contribution in [3.05, 3.63) is 22.7 Å². The molecule has 88 valence electrons. The molecule has 0 saturated carbocycles. The zero-order valence-electron chi connectivity index (χ0n) is 9.04. The normalized spacial score (nSPS) is 29.5. The number of hydrogen-bond acceptors (Lipinski definition) is 5. The van der Waals surface area contributed by atoms with Gasteiger partial charge in [-0.25, -0.2) is 4.79 Å². The lowest BCUT2D eigenvalue weighted by molar-refractivity contribution is -0.0216. The number of hydrogen-bond donors (Lipinski definition) is 2. The highest BCUT2D eigenvalue weighted by Crippen LogP contribution is 2.28. The van der Waals surface area contributed by atoms with Crippen molar-refractivity contribution < 1.29 is 9.84 Å². The maximum absolute atomic E-state index is 11.5. The number of aliphatic hydroxyl groups is 1. The van der Waals surface area contributed by atoms with Crippen molar-refractivity contribution >= 4 is 5.82 Å². The number of ether oxygens (including phenoxy) is 1. The molecule has 1 aromatic rings. The molecule has 6 heteroatoms. The maximum Gasteiger partial charge on any atom is 0.351 e. The van der Waals surface area contributed by atoms with E-state index in [1.165, 1.54) is 10.6 Å². The minimum Gasteiger partial charge on any atom is -0.390 e. The molecule has 0 amide bonds. The summed E-state index contributed by atoms with van der Waals surface area (Å²) in [6, 6.07) is 1.54. The van der Waals surface area contributed by atoms with Gasteiger partial charge in [-0.3, -0.25) is 4.57 Å². The standard InChI is InChI=1S/C10H15N3O3/c1-2-7-6(14)5-9(16-7)13-4-3-8(11)12-10(13)15/h3-4,6-7,9,14H,2,5H2,1H3,(H2,11,12,15)/t6-,7-,9?/m0/s1. The first kappa shape index (κ1) is 11.1. The van der Waals surface area contributed by atoms with Gasteiger partial charge in [-0.05, 0) is 12.5 Å². The number of aliphatic hydroxyl groups excluding tert-OH is 1. The first-order valence-corrected chi connectivity index (χ1v) is 5.30. The summed E-state index contributed by atoms with van der Waals surface area (Å²) in [6.45, 7) is 1.93. The van der Waals surface area contributed by atoms with Gasteiger partial charge in [0.1, 0.15) is 12.0 Å². The molecule has 0 spiro atoms. The van der Waals surface area contributed by atoms with Crippen molar-refractivity contribution in [1.82, 2.24) is 9.55 Å². The summed E-state index contributed by atoms with van der Waals surface area (Å²) in [5.74, 6) is 0.187. The highest BCUT2D eigenvalue weighted by atomic mass is 16.5. The molecule has 1 aliphatic heterocycles. The average molecular weight is 225 g/mol. The number of rotatable bonds is 2. The van der Waals surface area contributed by atoms with E-state index in [0.29, 0.717) is 6.42 Å². The van der Waals surface area contributed by atoms with Crippen LogP contribution in [-0.2, 0) is 4.74 Å². The molecule has 16 heavy (non-hydrogen) atoms. The summed E-state index contributed by atoms with van der Waals surface area (Å²) in [7, 11) is 0. The molecule has 2 heterocycles. The van der Waals surface area contributed by atoms with Crippen molar-refractivity contribution in [2.45, 2.75) is 38.2 Å². The molecule has 6 nitrogen and oxygen atoms in total. The molecule has 0 bridgehead atoms. The summed E-state index contributed by atoms with van der Waals surface area (Å²) < 4.78 is 6.92. The Bertz CT molecular complexity index is 432. The fraction of sp³-hybridized carbons (Fsp3) is 0.600. The Morgan fingerprint density at radius 1 is 1.75 bits per heavy atom. The minimum absolute atomic E-state index is 0.187. The highest BCUT2D eigenvalue weighted by Gasteiger charge is 2.34. The first-order valence-electron chi connectivity index (χ1n) is 5.30. The van der Waals surface area contributed by atoms with Crippen LogP contribution in [-0.4, -0.2) is 26.9 Å². The third-order valence-electron chi connectivity index (χ3n) is 2.77. The van der Waals surface area contributed by atoms with Crippen LogP contribution in [0.15, 0.2) is 17.1 Å². The molecule has 3 atom stereocenters. The number of aromatic nitrogens is 2. The summed E-state index contributed by atoms with van der Waals surface area (Å²) in [5, 5.41) is 9.68. The smallest absolute Gasteiger partial charge is 0.351 e. The molecule has 1 saturated heterocycles. The van der Waals surface area contributed by atoms with Crippen LogP contribution >= 0.6 is 0 Å². The molecule has 3 N–H and O–H groups in total. The number of anilines is 1. The van der Waals surface area contributed by atoms with E-state index in [1.807, 2.05) is 6.92 Å². The van der Waals surface area contributed by atoms with Gasteiger partial charge in [0.15, 0.2) is 0 Å². The summed E-state index contributed by atoms with van der Waals surface area (Å²) in [5.41, 5.74) is 4.94. The molecule has 1 aliphatic rings. The molecule has 1 unspecified atom stereocenters. The van der Waals surface area contributed by atoms with Crippen molar-refractivity contribution in [1.29, 1.82) is 0 Å². The zero-order valence-corrected chi connectivity index (χ0v) is 9.04. The number of nitrogens with zero attached hydrogens (tertiary/aromatic N) is 2. The Labute approximate surface area is 92.7 Å². The lowest BCUT2D eigenvalue weighted by Gasteiger charge is -2.14. The quantitative estimate of drug-likeness (QED) is 0.732. The highest BCUT2D eigenvalue weighted by molar-refractivity contribution is 5.23. The molecular formula is C10H15N3O3. The van der Waals surface area contributed by atoms with Gasteiger partial charge in [-0.2, -0.15) is 4.98 Å². The summed E-state index contributed by atoms with van der Waals surface area (Å²) in [6.07, 6.45) is 1.48. The van der Waals surface area contributed by atoms with Crippen molar-refractivity contribution in [3.8, 4) is 0 Å². The maximum atomic E-state index is 11.5. The van der Waals surface area contributed by atoms with Crippen LogP contribution < -0.4 is 11.4 Å².